The quantitative estimate of drug-likeness (QED) is 0.137. The molecule has 0 spiro atoms. The minimum absolute atomic E-state index is 0.0207. The molecule has 2 N–H and O–H groups in total. The summed E-state index contributed by atoms with van der Waals surface area (Å²) in [6, 6.07) is 8.05. The third-order valence-electron chi connectivity index (χ3n) is 11.4. The number of ether oxygens (including phenoxy) is 5. The molecule has 7 rings (SSSR count). The van der Waals surface area contributed by atoms with Crippen molar-refractivity contribution in [2.45, 2.75) is 60.3 Å². The van der Waals surface area contributed by atoms with Crippen LogP contribution in [0.3, 0.4) is 0 Å². The van der Waals surface area contributed by atoms with E-state index in [4.69, 9.17) is 38.7 Å². The van der Waals surface area contributed by atoms with Gasteiger partial charge in [0.25, 0.3) is 0 Å². The Hall–Kier alpha value is -5.10. The molecule has 294 valence electrons. The van der Waals surface area contributed by atoms with Gasteiger partial charge in [0.1, 0.15) is 18.1 Å². The lowest BCUT2D eigenvalue weighted by molar-refractivity contribution is -0.140. The molecule has 1 aliphatic carbocycles. The van der Waals surface area contributed by atoms with Crippen molar-refractivity contribution in [1.29, 1.82) is 0 Å². The van der Waals surface area contributed by atoms with Crippen LogP contribution in [-0.4, -0.2) is 82.1 Å². The number of benzene rings is 1. The summed E-state index contributed by atoms with van der Waals surface area (Å²) in [5.74, 6) is 0.787. The van der Waals surface area contributed by atoms with Crippen LogP contribution in [0.5, 0.6) is 5.75 Å². The number of carbonyl (C=O) groups excluding carboxylic acids is 1. The van der Waals surface area contributed by atoms with Gasteiger partial charge in [-0.2, -0.15) is 0 Å². The average molecular weight is 761 g/mol. The van der Waals surface area contributed by atoms with Crippen LogP contribution in [0.2, 0.25) is 0 Å². The van der Waals surface area contributed by atoms with E-state index in [1.165, 1.54) is 7.11 Å². The highest BCUT2D eigenvalue weighted by Crippen LogP contribution is 2.47. The molecule has 8 bridgehead atoms. The number of aliphatic hydroxyl groups is 1. The molecule has 0 aromatic heterocycles. The molecule has 6 aliphatic rings. The zero-order chi connectivity index (χ0) is 39.5. The Kier molecular flexibility index (Phi) is 11.8. The van der Waals surface area contributed by atoms with Crippen LogP contribution in [0.4, 0.5) is 0 Å². The Bertz CT molecular complexity index is 2170. The number of hydrogen-bond acceptors (Lipinski definition) is 11. The molecule has 5 heterocycles. The highest BCUT2D eigenvalue weighted by atomic mass is 16.6. The lowest BCUT2D eigenvalue weighted by atomic mass is 9.86. The molecular formula is C45H52N4O7. The fraction of sp³-hybridized carbons (Fsp3) is 0.422. The summed E-state index contributed by atoms with van der Waals surface area (Å²) in [6.45, 7) is 13.4. The number of fused-ring (bicyclic) bond motifs is 5. The number of nitrogens with zero attached hydrogens (tertiary/aromatic N) is 3. The van der Waals surface area contributed by atoms with E-state index in [2.05, 4.69) is 57.3 Å². The van der Waals surface area contributed by atoms with Crippen molar-refractivity contribution in [3.05, 3.63) is 116 Å². The minimum atomic E-state index is -0.251. The molecule has 1 saturated heterocycles. The van der Waals surface area contributed by atoms with E-state index in [1.54, 1.807) is 7.11 Å². The molecule has 1 fully saturated rings. The highest BCUT2D eigenvalue weighted by Gasteiger charge is 2.41. The maximum absolute atomic E-state index is 12.4. The zero-order valence-electron chi connectivity index (χ0n) is 33.5. The molecule has 0 saturated carbocycles. The normalized spacial score (nSPS) is 21.4. The second-order valence-corrected chi connectivity index (χ2v) is 14.7. The number of para-hydroxylation sites is 1. The number of esters is 1. The van der Waals surface area contributed by atoms with Crippen molar-refractivity contribution >= 4 is 28.7 Å². The molecule has 0 unspecified atom stereocenters. The lowest BCUT2D eigenvalue weighted by Crippen LogP contribution is -2.16. The molecule has 56 heavy (non-hydrogen) atoms. The van der Waals surface area contributed by atoms with E-state index >= 15 is 0 Å². The van der Waals surface area contributed by atoms with Gasteiger partial charge in [-0.15, -0.1) is 0 Å². The molecule has 0 amide bonds. The SMILES string of the molecule is CCC1=C(C)C2=NC1=CC1=C(C)C3=C(O)CC(=C4NC(=CC5=NC(=C2)C(c2ccccc2OCCOCCOCCOC)=C5C)[C@@H](C)[C@@H]4CCC(=O)OC)C3=N1. The number of rotatable bonds is 15. The van der Waals surface area contributed by atoms with E-state index in [1.807, 2.05) is 25.1 Å². The van der Waals surface area contributed by atoms with Crippen molar-refractivity contribution in [2.75, 3.05) is 53.9 Å². The Labute approximate surface area is 329 Å². The number of allylic oxidation sites excluding steroid dienone is 12. The maximum atomic E-state index is 12.4. The van der Waals surface area contributed by atoms with E-state index in [-0.39, 0.29) is 24.2 Å². The smallest absolute Gasteiger partial charge is 0.305 e. The number of aliphatic imine (C=N–C) groups is 3. The standard InChI is InChI=1S/C45H52N4O7/c1-8-29-25(2)33-24-38-42(31-11-9-10-12-40(31)56-20-19-55-18-17-54-16-15-52-6)27(4)35(47-38)22-34-26(3)30(13-14-41(51)53-7)44(48-34)32-21-39(50)43-28(5)36(49-45(32)43)23-37(29)46-33/h9-12,22-24,26,30,48,50H,8,13-21H2,1-7H3/t26-,30-/m0/s1. The van der Waals surface area contributed by atoms with E-state index in [0.29, 0.717) is 58.2 Å². The van der Waals surface area contributed by atoms with Gasteiger partial charge in [0.15, 0.2) is 0 Å². The van der Waals surface area contributed by atoms with Gasteiger partial charge in [0.2, 0.25) is 0 Å². The first-order chi connectivity index (χ1) is 27.1. The fourth-order valence-corrected chi connectivity index (χ4v) is 8.29. The van der Waals surface area contributed by atoms with Crippen LogP contribution in [0, 0.1) is 11.8 Å². The van der Waals surface area contributed by atoms with Crippen molar-refractivity contribution < 1.29 is 33.6 Å². The van der Waals surface area contributed by atoms with Crippen molar-refractivity contribution in [3.8, 4) is 5.75 Å². The molecular weight excluding hydrogens is 709 g/mol. The van der Waals surface area contributed by atoms with Crippen molar-refractivity contribution in [3.63, 3.8) is 0 Å². The summed E-state index contributed by atoms with van der Waals surface area (Å²) < 4.78 is 27.7. The second-order valence-electron chi connectivity index (χ2n) is 14.7. The summed E-state index contributed by atoms with van der Waals surface area (Å²) in [6.07, 6.45) is 8.29. The minimum Gasteiger partial charge on any atom is -0.511 e. The van der Waals surface area contributed by atoms with Gasteiger partial charge in [0, 0.05) is 65.5 Å². The zero-order valence-corrected chi connectivity index (χ0v) is 33.5. The largest absolute Gasteiger partial charge is 0.511 e. The van der Waals surface area contributed by atoms with E-state index in [9.17, 15) is 9.90 Å². The summed E-state index contributed by atoms with van der Waals surface area (Å²) >= 11 is 0. The monoisotopic (exact) mass is 760 g/mol. The number of methoxy groups -OCH3 is 2. The van der Waals surface area contributed by atoms with Crippen LogP contribution in [0.15, 0.2) is 125 Å². The molecule has 11 heteroatoms. The Morgan fingerprint density at radius 3 is 2.32 bits per heavy atom. The topological polar surface area (TPSA) is 133 Å². The van der Waals surface area contributed by atoms with Gasteiger partial charge in [-0.25, -0.2) is 15.0 Å². The van der Waals surface area contributed by atoms with Gasteiger partial charge in [-0.1, -0.05) is 32.0 Å². The number of hydrogen-bond donors (Lipinski definition) is 2. The lowest BCUT2D eigenvalue weighted by Gasteiger charge is -2.17. The Balaban J connectivity index is 1.31. The number of nitrogens with one attached hydrogen (secondary N) is 1. The maximum Gasteiger partial charge on any atom is 0.305 e. The predicted molar refractivity (Wildman–Crippen MR) is 219 cm³/mol. The summed E-state index contributed by atoms with van der Waals surface area (Å²) in [4.78, 5) is 28.1. The van der Waals surface area contributed by atoms with Crippen LogP contribution in [0.1, 0.15) is 65.9 Å². The first-order valence-electron chi connectivity index (χ1n) is 19.6. The van der Waals surface area contributed by atoms with Gasteiger partial charge < -0.3 is 34.1 Å². The molecule has 2 atom stereocenters. The van der Waals surface area contributed by atoms with Crippen molar-refractivity contribution in [1.82, 2.24) is 5.32 Å². The highest BCUT2D eigenvalue weighted by molar-refractivity contribution is 6.23. The summed E-state index contributed by atoms with van der Waals surface area (Å²) in [5, 5.41) is 15.2. The third-order valence-corrected chi connectivity index (χ3v) is 11.4. The first kappa shape index (κ1) is 39.1. The number of aliphatic hydroxyl groups excluding tert-OH is 1. The van der Waals surface area contributed by atoms with Gasteiger partial charge in [-0.3, -0.25) is 4.79 Å². The molecule has 5 aliphatic heterocycles. The van der Waals surface area contributed by atoms with Crippen LogP contribution >= 0.6 is 0 Å². The molecule has 11 nitrogen and oxygen atoms in total. The van der Waals surface area contributed by atoms with E-state index < -0.39 is 0 Å². The van der Waals surface area contributed by atoms with Crippen LogP contribution in [-0.2, 0) is 23.7 Å². The second kappa shape index (κ2) is 17.0. The first-order valence-corrected chi connectivity index (χ1v) is 19.6. The summed E-state index contributed by atoms with van der Waals surface area (Å²) in [5.41, 5.74) is 14.7. The van der Waals surface area contributed by atoms with E-state index in [0.717, 1.165) is 102 Å². The molecule has 1 aromatic rings. The van der Waals surface area contributed by atoms with Crippen LogP contribution in [0.25, 0.3) is 5.57 Å². The third kappa shape index (κ3) is 7.55. The Morgan fingerprint density at radius 1 is 0.857 bits per heavy atom. The average Bonchev–Trinajstić information content (AvgIpc) is 3.95. The van der Waals surface area contributed by atoms with Gasteiger partial charge >= 0.3 is 5.97 Å². The van der Waals surface area contributed by atoms with Gasteiger partial charge in [0.05, 0.1) is 74.4 Å². The fourth-order valence-electron chi connectivity index (χ4n) is 8.29. The van der Waals surface area contributed by atoms with Gasteiger partial charge in [-0.05, 0) is 80.2 Å². The molecule has 0 radical (unpaired) electrons. The van der Waals surface area contributed by atoms with Crippen molar-refractivity contribution in [2.24, 2.45) is 26.8 Å². The summed E-state index contributed by atoms with van der Waals surface area (Å²) in [7, 11) is 3.07. The predicted octanol–water partition coefficient (Wildman–Crippen LogP) is 7.83. The van der Waals surface area contributed by atoms with Crippen LogP contribution < -0.4 is 10.1 Å². The Morgan fingerprint density at radius 2 is 1.57 bits per heavy atom. The number of carbonyl (C=O) groups is 1. The molecule has 1 aromatic carbocycles.